The van der Waals surface area contributed by atoms with Crippen LogP contribution in [0.15, 0.2) is 36.8 Å². The van der Waals surface area contributed by atoms with Crippen molar-refractivity contribution in [3.63, 3.8) is 0 Å². The average Bonchev–Trinajstić information content (AvgIpc) is 3.21. The molecule has 4 rings (SSSR count). The fraction of sp³-hybridized carbons (Fsp3) is 0.333. The lowest BCUT2D eigenvalue weighted by Gasteiger charge is -2.29. The van der Waals surface area contributed by atoms with Gasteiger partial charge in [-0.2, -0.15) is 0 Å². The molecule has 0 spiro atoms. The van der Waals surface area contributed by atoms with Gasteiger partial charge in [0, 0.05) is 56.6 Å². The largest absolute Gasteiger partial charge is 0.354 e. The van der Waals surface area contributed by atoms with Gasteiger partial charge < -0.3 is 10.2 Å². The van der Waals surface area contributed by atoms with Crippen molar-refractivity contribution in [2.75, 3.05) is 26.2 Å². The van der Waals surface area contributed by atoms with Crippen LogP contribution in [0.5, 0.6) is 0 Å². The summed E-state index contributed by atoms with van der Waals surface area (Å²) in [5, 5.41) is 12.0. The van der Waals surface area contributed by atoms with E-state index >= 15 is 0 Å². The minimum absolute atomic E-state index is 0.320. The summed E-state index contributed by atoms with van der Waals surface area (Å²) in [4.78, 5) is 1.94. The van der Waals surface area contributed by atoms with Crippen LogP contribution in [0.25, 0.3) is 5.65 Å². The molecule has 0 unspecified atom stereocenters. The SMILES string of the molecule is Cn1ccc2n1cc[n+]2Cc1c(F)cc(C(=N)N2CCNCC2)cc1Cl. The van der Waals surface area contributed by atoms with E-state index in [1.54, 1.807) is 6.07 Å². The maximum absolute atomic E-state index is 14.8. The van der Waals surface area contributed by atoms with Crippen LogP contribution in [0, 0.1) is 11.2 Å². The van der Waals surface area contributed by atoms with Crippen molar-refractivity contribution < 1.29 is 8.96 Å². The van der Waals surface area contributed by atoms with E-state index in [2.05, 4.69) is 5.32 Å². The molecule has 1 aliphatic heterocycles. The molecule has 0 bridgehead atoms. The van der Waals surface area contributed by atoms with Gasteiger partial charge in [-0.15, -0.1) is 4.52 Å². The maximum Gasteiger partial charge on any atom is 0.307 e. The van der Waals surface area contributed by atoms with Crippen LogP contribution >= 0.6 is 11.6 Å². The Hall–Kier alpha value is -2.38. The molecule has 1 aromatic carbocycles. The lowest BCUT2D eigenvalue weighted by Crippen LogP contribution is -2.46. The van der Waals surface area contributed by atoms with Gasteiger partial charge in [-0.25, -0.2) is 13.6 Å². The Morgan fingerprint density at radius 2 is 2.08 bits per heavy atom. The lowest BCUT2D eigenvalue weighted by atomic mass is 10.1. The van der Waals surface area contributed by atoms with Crippen molar-refractivity contribution in [2.24, 2.45) is 7.05 Å². The van der Waals surface area contributed by atoms with Gasteiger partial charge >= 0.3 is 5.65 Å². The minimum Gasteiger partial charge on any atom is -0.354 e. The first-order valence-electron chi connectivity index (χ1n) is 8.59. The molecule has 0 saturated carbocycles. The molecule has 0 aliphatic carbocycles. The lowest BCUT2D eigenvalue weighted by molar-refractivity contribution is -0.662. The van der Waals surface area contributed by atoms with Gasteiger partial charge in [0.2, 0.25) is 0 Å². The number of hydrogen-bond acceptors (Lipinski definition) is 2. The van der Waals surface area contributed by atoms with E-state index in [1.165, 1.54) is 6.07 Å². The number of nitrogens with one attached hydrogen (secondary N) is 2. The highest BCUT2D eigenvalue weighted by atomic mass is 35.5. The third kappa shape index (κ3) is 2.97. The van der Waals surface area contributed by atoms with Crippen LogP contribution in [-0.4, -0.2) is 46.1 Å². The molecule has 8 heteroatoms. The Kier molecular flexibility index (Phi) is 4.42. The van der Waals surface area contributed by atoms with E-state index in [-0.39, 0.29) is 5.82 Å². The van der Waals surface area contributed by atoms with Gasteiger partial charge in [-0.1, -0.05) is 11.6 Å². The number of piperazine rings is 1. The predicted octanol–water partition coefficient (Wildman–Crippen LogP) is 1.64. The summed E-state index contributed by atoms with van der Waals surface area (Å²) >= 11 is 6.40. The second kappa shape index (κ2) is 6.74. The van der Waals surface area contributed by atoms with Gasteiger partial charge in [0.05, 0.1) is 5.02 Å². The summed E-state index contributed by atoms with van der Waals surface area (Å²) in [6, 6.07) is 5.09. The molecule has 2 N–H and O–H groups in total. The van der Waals surface area contributed by atoms with Gasteiger partial charge in [-0.05, 0) is 12.1 Å². The molecule has 26 heavy (non-hydrogen) atoms. The van der Waals surface area contributed by atoms with E-state index in [0.29, 0.717) is 28.5 Å². The summed E-state index contributed by atoms with van der Waals surface area (Å²) in [5.74, 6) is -0.0593. The maximum atomic E-state index is 14.8. The number of aromatic nitrogens is 3. The number of fused-ring (bicyclic) bond motifs is 1. The van der Waals surface area contributed by atoms with Crippen molar-refractivity contribution in [1.82, 2.24) is 19.4 Å². The summed E-state index contributed by atoms with van der Waals surface area (Å²) < 4.78 is 20.7. The van der Waals surface area contributed by atoms with Crippen molar-refractivity contribution in [2.45, 2.75) is 6.54 Å². The fourth-order valence-electron chi connectivity index (χ4n) is 3.38. The zero-order valence-corrected chi connectivity index (χ0v) is 15.3. The first-order valence-corrected chi connectivity index (χ1v) is 8.97. The first kappa shape index (κ1) is 17.1. The monoisotopic (exact) mass is 375 g/mol. The Morgan fingerprint density at radius 1 is 1.31 bits per heavy atom. The molecule has 136 valence electrons. The quantitative estimate of drug-likeness (QED) is 0.415. The van der Waals surface area contributed by atoms with Crippen LogP contribution in [0.2, 0.25) is 5.02 Å². The van der Waals surface area contributed by atoms with Crippen molar-refractivity contribution >= 4 is 23.1 Å². The molecule has 0 radical (unpaired) electrons. The molecule has 0 atom stereocenters. The number of imidazole rings is 1. The van der Waals surface area contributed by atoms with E-state index in [4.69, 9.17) is 17.0 Å². The molecule has 1 saturated heterocycles. The summed E-state index contributed by atoms with van der Waals surface area (Å²) in [7, 11) is 1.95. The molecule has 2 aromatic heterocycles. The van der Waals surface area contributed by atoms with Gasteiger partial charge in [0.15, 0.2) is 6.20 Å². The van der Waals surface area contributed by atoms with Crippen molar-refractivity contribution in [3.05, 3.63) is 58.8 Å². The number of benzene rings is 1. The standard InChI is InChI=1S/C18H21ClFN6/c1-23-5-2-17-25(8-9-26(17)23)12-14-15(19)10-13(11-16(14)20)18(21)24-6-3-22-4-7-24/h2,5,8-11,21-22H,3-4,6-7,12H2,1H3/q+1. The third-order valence-corrected chi connectivity index (χ3v) is 5.21. The number of halogens is 2. The first-order chi connectivity index (χ1) is 12.5. The van der Waals surface area contributed by atoms with Gasteiger partial charge in [0.1, 0.15) is 24.4 Å². The Labute approximate surface area is 155 Å². The van der Waals surface area contributed by atoms with E-state index in [0.717, 1.165) is 31.8 Å². The Bertz CT molecular complexity index is 946. The van der Waals surface area contributed by atoms with Crippen LogP contribution in [-0.2, 0) is 13.6 Å². The van der Waals surface area contributed by atoms with Crippen LogP contribution < -0.4 is 9.88 Å². The molecule has 1 aliphatic rings. The Balaban J connectivity index is 1.62. The van der Waals surface area contributed by atoms with E-state index in [9.17, 15) is 4.39 Å². The van der Waals surface area contributed by atoms with Crippen molar-refractivity contribution in [1.29, 1.82) is 5.41 Å². The summed E-state index contributed by atoms with van der Waals surface area (Å²) in [6.07, 6.45) is 5.78. The smallest absolute Gasteiger partial charge is 0.307 e. The Morgan fingerprint density at radius 3 is 2.81 bits per heavy atom. The average molecular weight is 376 g/mol. The number of amidine groups is 1. The zero-order chi connectivity index (χ0) is 18.3. The highest BCUT2D eigenvalue weighted by Gasteiger charge is 2.20. The molecule has 3 aromatic rings. The zero-order valence-electron chi connectivity index (χ0n) is 14.5. The summed E-state index contributed by atoms with van der Waals surface area (Å²) in [5.41, 5.74) is 1.91. The molecule has 3 heterocycles. The van der Waals surface area contributed by atoms with Crippen molar-refractivity contribution in [3.8, 4) is 0 Å². The van der Waals surface area contributed by atoms with Gasteiger partial charge in [0.25, 0.3) is 0 Å². The van der Waals surface area contributed by atoms with E-state index in [1.807, 2.05) is 50.4 Å². The second-order valence-electron chi connectivity index (χ2n) is 6.52. The number of nitrogens with zero attached hydrogens (tertiary/aromatic N) is 4. The van der Waals surface area contributed by atoms with Gasteiger partial charge in [-0.3, -0.25) is 5.41 Å². The molecule has 1 fully saturated rings. The predicted molar refractivity (Wildman–Crippen MR) is 98.3 cm³/mol. The van der Waals surface area contributed by atoms with E-state index < -0.39 is 0 Å². The second-order valence-corrected chi connectivity index (χ2v) is 6.93. The minimum atomic E-state index is -0.379. The normalized spacial score (nSPS) is 15.0. The fourth-order valence-corrected chi connectivity index (χ4v) is 3.65. The van der Waals surface area contributed by atoms with Crippen LogP contribution in [0.1, 0.15) is 11.1 Å². The number of rotatable bonds is 3. The molecular formula is C18H21ClFN6+. The highest BCUT2D eigenvalue weighted by Crippen LogP contribution is 2.23. The molecule has 6 nitrogen and oxygen atoms in total. The van der Waals surface area contributed by atoms with Crippen LogP contribution in [0.4, 0.5) is 4.39 Å². The molecular weight excluding hydrogens is 355 g/mol. The summed E-state index contributed by atoms with van der Waals surface area (Å²) in [6.45, 7) is 3.48. The molecule has 0 amide bonds. The topological polar surface area (TPSA) is 52.3 Å². The third-order valence-electron chi connectivity index (χ3n) is 4.87. The number of aryl methyl sites for hydroxylation is 1. The van der Waals surface area contributed by atoms with Crippen LogP contribution in [0.3, 0.4) is 0 Å². The highest BCUT2D eigenvalue weighted by molar-refractivity contribution is 6.31. The number of hydrogen-bond donors (Lipinski definition) is 2.